The summed E-state index contributed by atoms with van der Waals surface area (Å²) in [6.07, 6.45) is 6.75. The number of rotatable bonds is 3. The molecule has 0 radical (unpaired) electrons. The first-order valence-electron chi connectivity index (χ1n) is 9.95. The molecule has 0 amide bonds. The first kappa shape index (κ1) is 18.2. The van der Waals surface area contributed by atoms with Crippen molar-refractivity contribution in [3.05, 3.63) is 79.1 Å². The Bertz CT molecular complexity index is 1620. The topological polar surface area (TPSA) is 109 Å². The third kappa shape index (κ3) is 2.89. The highest BCUT2D eigenvalue weighted by molar-refractivity contribution is 5.99. The number of aromatic nitrogens is 6. The van der Waals surface area contributed by atoms with Crippen molar-refractivity contribution in [1.82, 2.24) is 30.1 Å². The van der Waals surface area contributed by atoms with Crippen LogP contribution in [-0.2, 0) is 0 Å². The smallest absolute Gasteiger partial charge is 0.181 e. The molecule has 0 atom stereocenters. The van der Waals surface area contributed by atoms with Crippen molar-refractivity contribution in [1.29, 1.82) is 0 Å². The van der Waals surface area contributed by atoms with Gasteiger partial charge in [-0.2, -0.15) is 5.10 Å². The maximum absolute atomic E-state index is 14.5. The Labute approximate surface area is 181 Å². The lowest BCUT2D eigenvalue weighted by atomic mass is 10.0. The SMILES string of the molecule is Nc1cncc(-c2cnc3n[nH]c(-c4cc5c(-c6ccccc6F)ccnc5[nH]4)c3c2)c1. The number of hydrogen-bond donors (Lipinski definition) is 3. The zero-order valence-electron chi connectivity index (χ0n) is 16.7. The summed E-state index contributed by atoms with van der Waals surface area (Å²) >= 11 is 0. The minimum Gasteiger partial charge on any atom is -0.397 e. The third-order valence-electron chi connectivity index (χ3n) is 5.47. The summed E-state index contributed by atoms with van der Waals surface area (Å²) in [6, 6.07) is 14.3. The van der Waals surface area contributed by atoms with E-state index >= 15 is 0 Å². The van der Waals surface area contributed by atoms with E-state index in [0.717, 1.165) is 38.9 Å². The van der Waals surface area contributed by atoms with Gasteiger partial charge in [0.2, 0.25) is 0 Å². The van der Waals surface area contributed by atoms with Crippen LogP contribution in [0.25, 0.3) is 55.7 Å². The van der Waals surface area contributed by atoms with Gasteiger partial charge < -0.3 is 10.7 Å². The average molecular weight is 421 g/mol. The van der Waals surface area contributed by atoms with Gasteiger partial charge in [0.05, 0.1) is 17.1 Å². The van der Waals surface area contributed by atoms with Gasteiger partial charge in [0.15, 0.2) is 5.65 Å². The molecule has 5 aromatic heterocycles. The van der Waals surface area contributed by atoms with Crippen LogP contribution in [-0.4, -0.2) is 30.1 Å². The standard InChI is InChI=1S/C24H16FN7/c25-20-4-2-1-3-17(20)16-5-6-28-23-18(16)9-21(30-23)22-19-8-14(11-29-24(19)32-31-22)13-7-15(26)12-27-10-13/h1-12H,26H2,(H,28,30)(H,29,31,32). The van der Waals surface area contributed by atoms with Crippen LogP contribution in [0, 0.1) is 5.82 Å². The number of aromatic amines is 2. The van der Waals surface area contributed by atoms with Gasteiger partial charge in [0.1, 0.15) is 11.5 Å². The number of hydrogen-bond acceptors (Lipinski definition) is 5. The largest absolute Gasteiger partial charge is 0.397 e. The number of nitrogen functional groups attached to an aromatic ring is 1. The Morgan fingerprint density at radius 1 is 0.844 bits per heavy atom. The lowest BCUT2D eigenvalue weighted by molar-refractivity contribution is 0.631. The number of pyridine rings is 3. The summed E-state index contributed by atoms with van der Waals surface area (Å²) < 4.78 is 14.5. The number of H-pyrrole nitrogens is 2. The van der Waals surface area contributed by atoms with Crippen molar-refractivity contribution in [3.8, 4) is 33.6 Å². The van der Waals surface area contributed by atoms with E-state index in [1.165, 1.54) is 6.07 Å². The van der Waals surface area contributed by atoms with Crippen LogP contribution in [0.15, 0.2) is 73.3 Å². The highest BCUT2D eigenvalue weighted by Crippen LogP contribution is 2.34. The predicted molar refractivity (Wildman–Crippen MR) is 122 cm³/mol. The van der Waals surface area contributed by atoms with E-state index < -0.39 is 0 Å². The van der Waals surface area contributed by atoms with Crippen LogP contribution < -0.4 is 5.73 Å². The van der Waals surface area contributed by atoms with Crippen LogP contribution in [0.5, 0.6) is 0 Å². The Hall–Kier alpha value is -4.59. The molecule has 0 fully saturated rings. The normalized spacial score (nSPS) is 11.4. The average Bonchev–Trinajstić information content (AvgIpc) is 3.43. The second-order valence-electron chi connectivity index (χ2n) is 7.48. The number of nitrogens with one attached hydrogen (secondary N) is 2. The van der Waals surface area contributed by atoms with Crippen LogP contribution >= 0.6 is 0 Å². The fourth-order valence-corrected chi connectivity index (χ4v) is 3.95. The molecule has 7 nitrogen and oxygen atoms in total. The molecule has 32 heavy (non-hydrogen) atoms. The lowest BCUT2D eigenvalue weighted by Crippen LogP contribution is -1.88. The van der Waals surface area contributed by atoms with Gasteiger partial charge in [-0.15, -0.1) is 0 Å². The van der Waals surface area contributed by atoms with Crippen LogP contribution in [0.4, 0.5) is 10.1 Å². The second kappa shape index (κ2) is 6.98. The Morgan fingerprint density at radius 3 is 2.59 bits per heavy atom. The Balaban J connectivity index is 1.52. The fraction of sp³-hybridized carbons (Fsp3) is 0. The molecule has 0 saturated heterocycles. The molecule has 0 saturated carbocycles. The number of nitrogens with zero attached hydrogens (tertiary/aromatic N) is 4. The monoisotopic (exact) mass is 421 g/mol. The first-order chi connectivity index (χ1) is 15.7. The van der Waals surface area contributed by atoms with Gasteiger partial charge in [-0.1, -0.05) is 18.2 Å². The summed E-state index contributed by atoms with van der Waals surface area (Å²) in [4.78, 5) is 16.4. The molecule has 0 bridgehead atoms. The van der Waals surface area contributed by atoms with Crippen LogP contribution in [0.3, 0.4) is 0 Å². The summed E-state index contributed by atoms with van der Waals surface area (Å²) in [5, 5.41) is 9.06. The first-order valence-corrected chi connectivity index (χ1v) is 9.95. The van der Waals surface area contributed by atoms with Crippen molar-refractivity contribution < 1.29 is 4.39 Å². The molecule has 1 aromatic carbocycles. The Morgan fingerprint density at radius 2 is 1.72 bits per heavy atom. The second-order valence-corrected chi connectivity index (χ2v) is 7.48. The number of nitrogens with two attached hydrogens (primary N) is 1. The zero-order chi connectivity index (χ0) is 21.7. The zero-order valence-corrected chi connectivity index (χ0v) is 16.7. The van der Waals surface area contributed by atoms with Gasteiger partial charge in [-0.3, -0.25) is 10.1 Å². The summed E-state index contributed by atoms with van der Waals surface area (Å²) in [6.45, 7) is 0. The van der Waals surface area contributed by atoms with E-state index in [-0.39, 0.29) is 5.82 Å². The van der Waals surface area contributed by atoms with E-state index in [4.69, 9.17) is 5.73 Å². The summed E-state index contributed by atoms with van der Waals surface area (Å²) in [7, 11) is 0. The molecule has 0 aliphatic heterocycles. The molecular weight excluding hydrogens is 405 g/mol. The molecule has 5 heterocycles. The van der Waals surface area contributed by atoms with Crippen molar-refractivity contribution in [3.63, 3.8) is 0 Å². The molecular formula is C24H16FN7. The van der Waals surface area contributed by atoms with Crippen molar-refractivity contribution in [2.75, 3.05) is 5.73 Å². The van der Waals surface area contributed by atoms with Crippen LogP contribution in [0.2, 0.25) is 0 Å². The van der Waals surface area contributed by atoms with Gasteiger partial charge in [0, 0.05) is 52.3 Å². The molecule has 0 aliphatic carbocycles. The minimum absolute atomic E-state index is 0.278. The van der Waals surface area contributed by atoms with Gasteiger partial charge in [0.25, 0.3) is 0 Å². The van der Waals surface area contributed by atoms with Crippen molar-refractivity contribution >= 4 is 27.8 Å². The van der Waals surface area contributed by atoms with E-state index in [1.54, 1.807) is 36.9 Å². The molecule has 6 rings (SSSR count). The van der Waals surface area contributed by atoms with E-state index in [1.807, 2.05) is 30.3 Å². The number of fused-ring (bicyclic) bond motifs is 2. The molecule has 0 spiro atoms. The van der Waals surface area contributed by atoms with E-state index in [2.05, 4.69) is 30.1 Å². The van der Waals surface area contributed by atoms with E-state index in [9.17, 15) is 4.39 Å². The molecule has 8 heteroatoms. The maximum Gasteiger partial charge on any atom is 0.181 e. The highest BCUT2D eigenvalue weighted by Gasteiger charge is 2.16. The predicted octanol–water partition coefficient (Wildman–Crippen LogP) is 4.95. The molecule has 6 aromatic rings. The number of anilines is 1. The lowest BCUT2D eigenvalue weighted by Gasteiger charge is -2.04. The molecule has 154 valence electrons. The van der Waals surface area contributed by atoms with Gasteiger partial charge in [-0.25, -0.2) is 14.4 Å². The van der Waals surface area contributed by atoms with Crippen molar-refractivity contribution in [2.45, 2.75) is 0 Å². The van der Waals surface area contributed by atoms with E-state index in [0.29, 0.717) is 22.5 Å². The third-order valence-corrected chi connectivity index (χ3v) is 5.47. The molecule has 0 aliphatic rings. The van der Waals surface area contributed by atoms with Crippen LogP contribution in [0.1, 0.15) is 0 Å². The highest BCUT2D eigenvalue weighted by atomic mass is 19.1. The Kier molecular flexibility index (Phi) is 3.97. The molecule has 4 N–H and O–H groups in total. The number of halogens is 1. The molecule has 0 unspecified atom stereocenters. The number of benzene rings is 1. The summed E-state index contributed by atoms with van der Waals surface area (Å²) in [5.41, 5.74) is 12.3. The van der Waals surface area contributed by atoms with Gasteiger partial charge in [-0.05, 0) is 35.9 Å². The summed E-state index contributed by atoms with van der Waals surface area (Å²) in [5.74, 6) is -0.278. The minimum atomic E-state index is -0.278. The maximum atomic E-state index is 14.5. The van der Waals surface area contributed by atoms with Crippen molar-refractivity contribution in [2.24, 2.45) is 0 Å². The quantitative estimate of drug-likeness (QED) is 0.374. The van der Waals surface area contributed by atoms with Gasteiger partial charge >= 0.3 is 0 Å². The fourth-order valence-electron chi connectivity index (χ4n) is 3.95.